The summed E-state index contributed by atoms with van der Waals surface area (Å²) in [4.78, 5) is 36.7. The summed E-state index contributed by atoms with van der Waals surface area (Å²) >= 11 is 0. The first kappa shape index (κ1) is 22.3. The fraction of sp³-hybridized carbons (Fsp3) is 0.556. The van der Waals surface area contributed by atoms with Crippen LogP contribution < -0.4 is 22.6 Å². The lowest BCUT2D eigenvalue weighted by Gasteiger charge is -2.20. The zero-order chi connectivity index (χ0) is 22.9. The van der Waals surface area contributed by atoms with Crippen molar-refractivity contribution in [1.82, 2.24) is 19.1 Å². The second kappa shape index (κ2) is 8.90. The Hall–Kier alpha value is -2.94. The Bertz CT molecular complexity index is 1080. The van der Waals surface area contributed by atoms with Crippen LogP contribution in [0.15, 0.2) is 34.1 Å². The Kier molecular flexibility index (Phi) is 6.19. The zero-order valence-electron chi connectivity index (χ0n) is 16.8. The maximum absolute atomic E-state index is 14.1. The van der Waals surface area contributed by atoms with E-state index in [-0.39, 0.29) is 24.3 Å². The van der Waals surface area contributed by atoms with Crippen LogP contribution in [0, 0.1) is 0 Å². The summed E-state index contributed by atoms with van der Waals surface area (Å²) in [5, 5.41) is 9.05. The molecule has 4 N–H and O–H groups in total. The monoisotopic (exact) mass is 456 g/mol. The maximum Gasteiger partial charge on any atom is 0.351 e. The molecule has 14 heteroatoms. The average molecular weight is 456 g/mol. The molecule has 0 spiro atoms. The summed E-state index contributed by atoms with van der Waals surface area (Å²) in [6, 6.07) is 2.78. The van der Waals surface area contributed by atoms with Crippen molar-refractivity contribution >= 4 is 11.6 Å². The standard InChI is InChI=1S/C18H22F2N6O6/c19-18(20)7-11(8-27)32-15(18)26-6-4-13(23-17(26)29)24-30-9-10-1-2-14(31-10)25-5-3-12(21)22-16(25)28/h3-6,10-11,14-15,27H,1-2,7-9H2,(H2,21,22,28)(H,23,24,29). The molecule has 0 bridgehead atoms. The number of nitrogens with two attached hydrogens (primary N) is 1. The molecule has 4 unspecified atom stereocenters. The normalized spacial score (nSPS) is 27.0. The highest BCUT2D eigenvalue weighted by molar-refractivity contribution is 5.28. The van der Waals surface area contributed by atoms with Crippen LogP contribution >= 0.6 is 0 Å². The van der Waals surface area contributed by atoms with Crippen LogP contribution in [0.1, 0.15) is 31.7 Å². The van der Waals surface area contributed by atoms with Gasteiger partial charge in [0.2, 0.25) is 6.23 Å². The Morgan fingerprint density at radius 3 is 2.59 bits per heavy atom. The van der Waals surface area contributed by atoms with Crippen molar-refractivity contribution in [1.29, 1.82) is 0 Å². The fourth-order valence-electron chi connectivity index (χ4n) is 3.63. The molecular formula is C18H22F2N6O6. The van der Waals surface area contributed by atoms with E-state index in [1.165, 1.54) is 22.9 Å². The maximum atomic E-state index is 14.1. The predicted octanol–water partition coefficient (Wildman–Crippen LogP) is 0.0186. The van der Waals surface area contributed by atoms with Crippen LogP contribution in [0.25, 0.3) is 0 Å². The van der Waals surface area contributed by atoms with Gasteiger partial charge in [0, 0.05) is 18.8 Å². The number of nitrogens with one attached hydrogen (secondary N) is 1. The quantitative estimate of drug-likeness (QED) is 0.485. The SMILES string of the molecule is Nc1ccn(C2CCC(CONc3ccn(C4OC(CO)CC4(F)F)c(=O)n3)O2)c(=O)n1. The Labute approximate surface area is 179 Å². The average Bonchev–Trinajstić information content (AvgIpc) is 3.32. The second-order valence-corrected chi connectivity index (χ2v) is 7.51. The summed E-state index contributed by atoms with van der Waals surface area (Å²) in [6.07, 6.45) is -0.623. The van der Waals surface area contributed by atoms with Crippen molar-refractivity contribution in [2.75, 3.05) is 24.4 Å². The van der Waals surface area contributed by atoms with E-state index >= 15 is 0 Å². The van der Waals surface area contributed by atoms with Gasteiger partial charge in [-0.25, -0.2) is 23.9 Å². The van der Waals surface area contributed by atoms with E-state index < -0.39 is 48.9 Å². The number of hydrogen-bond donors (Lipinski definition) is 3. The third-order valence-corrected chi connectivity index (χ3v) is 5.16. The molecule has 0 saturated carbocycles. The zero-order valence-corrected chi connectivity index (χ0v) is 16.8. The van der Waals surface area contributed by atoms with Gasteiger partial charge < -0.3 is 20.3 Å². The van der Waals surface area contributed by atoms with Crippen LogP contribution in [-0.4, -0.2) is 55.6 Å². The predicted molar refractivity (Wildman–Crippen MR) is 105 cm³/mol. The molecule has 32 heavy (non-hydrogen) atoms. The minimum Gasteiger partial charge on any atom is -0.394 e. The molecule has 2 aliphatic heterocycles. The van der Waals surface area contributed by atoms with Crippen LogP contribution in [0.2, 0.25) is 0 Å². The van der Waals surface area contributed by atoms with E-state index in [0.717, 1.165) is 6.20 Å². The number of halogens is 2. The number of nitrogen functional groups attached to an aromatic ring is 1. The number of rotatable bonds is 7. The van der Waals surface area contributed by atoms with Gasteiger partial charge in [0.15, 0.2) is 5.82 Å². The fourth-order valence-corrected chi connectivity index (χ4v) is 3.63. The highest BCUT2D eigenvalue weighted by Gasteiger charge is 2.51. The van der Waals surface area contributed by atoms with Crippen molar-refractivity contribution in [2.24, 2.45) is 0 Å². The first-order valence-corrected chi connectivity index (χ1v) is 9.88. The number of alkyl halides is 2. The number of anilines is 2. The Morgan fingerprint density at radius 1 is 1.16 bits per heavy atom. The third kappa shape index (κ3) is 4.62. The molecule has 12 nitrogen and oxygen atoms in total. The van der Waals surface area contributed by atoms with Gasteiger partial charge >= 0.3 is 11.4 Å². The molecule has 0 amide bonds. The number of aromatic nitrogens is 4. The van der Waals surface area contributed by atoms with Crippen LogP contribution in [0.4, 0.5) is 20.4 Å². The van der Waals surface area contributed by atoms with Gasteiger partial charge in [0.05, 0.1) is 18.8 Å². The molecule has 2 aromatic heterocycles. The summed E-state index contributed by atoms with van der Waals surface area (Å²) in [5.74, 6) is -3.18. The van der Waals surface area contributed by atoms with E-state index in [9.17, 15) is 18.4 Å². The van der Waals surface area contributed by atoms with Crippen molar-refractivity contribution in [2.45, 2.75) is 49.8 Å². The van der Waals surface area contributed by atoms with Crippen molar-refractivity contribution in [3.8, 4) is 0 Å². The number of aliphatic hydroxyl groups excluding tert-OH is 1. The Morgan fingerprint density at radius 2 is 1.91 bits per heavy atom. The van der Waals surface area contributed by atoms with Crippen molar-refractivity contribution in [3.63, 3.8) is 0 Å². The van der Waals surface area contributed by atoms with Gasteiger partial charge in [-0.1, -0.05) is 0 Å². The molecular weight excluding hydrogens is 434 g/mol. The van der Waals surface area contributed by atoms with Crippen molar-refractivity contribution < 1.29 is 28.2 Å². The molecule has 2 aromatic rings. The number of nitrogens with zero attached hydrogens (tertiary/aromatic N) is 4. The summed E-state index contributed by atoms with van der Waals surface area (Å²) < 4.78 is 41.0. The van der Waals surface area contributed by atoms with Gasteiger partial charge in [-0.05, 0) is 25.0 Å². The summed E-state index contributed by atoms with van der Waals surface area (Å²) in [6.45, 7) is -0.490. The van der Waals surface area contributed by atoms with Gasteiger partial charge in [0.25, 0.3) is 5.92 Å². The molecule has 4 heterocycles. The molecule has 0 aliphatic carbocycles. The topological polar surface area (TPSA) is 156 Å². The number of aliphatic hydroxyl groups is 1. The largest absolute Gasteiger partial charge is 0.394 e. The van der Waals surface area contributed by atoms with Gasteiger partial charge in [-0.2, -0.15) is 9.97 Å². The van der Waals surface area contributed by atoms with Gasteiger partial charge in [-0.3, -0.25) is 14.0 Å². The molecule has 2 aliphatic rings. The minimum absolute atomic E-state index is 0.0137. The Balaban J connectivity index is 1.31. The molecule has 2 fully saturated rings. The third-order valence-electron chi connectivity index (χ3n) is 5.16. The molecule has 4 rings (SSSR count). The second-order valence-electron chi connectivity index (χ2n) is 7.51. The van der Waals surface area contributed by atoms with E-state index in [2.05, 4.69) is 15.4 Å². The molecule has 4 atom stereocenters. The lowest BCUT2D eigenvalue weighted by Crippen LogP contribution is -2.35. The van der Waals surface area contributed by atoms with Crippen LogP contribution in [0.5, 0.6) is 0 Å². The number of hydrogen-bond acceptors (Lipinski definition) is 10. The van der Waals surface area contributed by atoms with Crippen LogP contribution in [-0.2, 0) is 14.3 Å². The highest BCUT2D eigenvalue weighted by Crippen LogP contribution is 2.41. The van der Waals surface area contributed by atoms with Gasteiger partial charge in [-0.15, -0.1) is 0 Å². The first-order valence-electron chi connectivity index (χ1n) is 9.88. The first-order chi connectivity index (χ1) is 15.3. The van der Waals surface area contributed by atoms with Crippen LogP contribution in [0.3, 0.4) is 0 Å². The molecule has 2 saturated heterocycles. The number of ether oxygens (including phenoxy) is 2. The van der Waals surface area contributed by atoms with E-state index in [0.29, 0.717) is 17.4 Å². The highest BCUT2D eigenvalue weighted by atomic mass is 19.3. The molecule has 0 aromatic carbocycles. The summed E-state index contributed by atoms with van der Waals surface area (Å²) in [5.41, 5.74) is 6.48. The molecule has 0 radical (unpaired) electrons. The lowest BCUT2D eigenvalue weighted by atomic mass is 10.2. The van der Waals surface area contributed by atoms with E-state index in [1.807, 2.05) is 0 Å². The lowest BCUT2D eigenvalue weighted by molar-refractivity contribution is -0.120. The van der Waals surface area contributed by atoms with E-state index in [4.69, 9.17) is 25.2 Å². The summed E-state index contributed by atoms with van der Waals surface area (Å²) in [7, 11) is 0. The molecule has 174 valence electrons. The van der Waals surface area contributed by atoms with Crippen molar-refractivity contribution in [3.05, 3.63) is 45.5 Å². The van der Waals surface area contributed by atoms with E-state index in [1.54, 1.807) is 0 Å². The smallest absolute Gasteiger partial charge is 0.351 e. The van der Waals surface area contributed by atoms with Gasteiger partial charge in [0.1, 0.15) is 18.7 Å². The minimum atomic E-state index is -3.32.